The van der Waals surface area contributed by atoms with Crippen molar-refractivity contribution in [3.05, 3.63) is 71.3 Å². The van der Waals surface area contributed by atoms with Crippen LogP contribution in [0.1, 0.15) is 40.4 Å². The highest BCUT2D eigenvalue weighted by Gasteiger charge is 2.24. The summed E-state index contributed by atoms with van der Waals surface area (Å²) in [6, 6.07) is 17.2. The standard InChI is InChI=1S/C21H26N2O3S/c1-27(25,26)16-17-9-11-19(12-10-17)21(24)22-15-20(23-13-5-6-14-23)18-7-3-2-4-8-18/h2-4,7-12,20H,5-6,13-16H2,1H3,(H,22,24)/t20-/m0/s1. The number of amides is 1. The SMILES string of the molecule is CS(=O)(=O)Cc1ccc(C(=O)NC[C@@H](c2ccccc2)N2CCCC2)cc1. The summed E-state index contributed by atoms with van der Waals surface area (Å²) in [6.07, 6.45) is 3.59. The minimum absolute atomic E-state index is 0.0139. The molecule has 5 nitrogen and oxygen atoms in total. The molecule has 3 rings (SSSR count). The Morgan fingerprint density at radius 3 is 2.26 bits per heavy atom. The van der Waals surface area contributed by atoms with Gasteiger partial charge in [0.1, 0.15) is 0 Å². The zero-order chi connectivity index (χ0) is 19.3. The van der Waals surface area contributed by atoms with Crippen molar-refractivity contribution in [2.45, 2.75) is 24.6 Å². The third kappa shape index (κ3) is 5.65. The van der Waals surface area contributed by atoms with E-state index in [2.05, 4.69) is 22.3 Å². The van der Waals surface area contributed by atoms with Crippen molar-refractivity contribution in [3.8, 4) is 0 Å². The number of carbonyl (C=O) groups is 1. The van der Waals surface area contributed by atoms with Crippen LogP contribution in [0.5, 0.6) is 0 Å². The van der Waals surface area contributed by atoms with Crippen molar-refractivity contribution in [1.29, 1.82) is 0 Å². The van der Waals surface area contributed by atoms with Crippen LogP contribution in [0.4, 0.5) is 0 Å². The van der Waals surface area contributed by atoms with Crippen LogP contribution in [0.25, 0.3) is 0 Å². The van der Waals surface area contributed by atoms with Crippen LogP contribution in [0.2, 0.25) is 0 Å². The number of nitrogens with zero attached hydrogens (tertiary/aromatic N) is 1. The summed E-state index contributed by atoms with van der Waals surface area (Å²) in [5, 5.41) is 3.04. The van der Waals surface area contributed by atoms with Crippen molar-refractivity contribution in [2.24, 2.45) is 0 Å². The van der Waals surface area contributed by atoms with Crippen LogP contribution in [0.15, 0.2) is 54.6 Å². The number of rotatable bonds is 7. The molecular weight excluding hydrogens is 360 g/mol. The Morgan fingerprint density at radius 1 is 1.04 bits per heavy atom. The number of carbonyl (C=O) groups excluding carboxylic acids is 1. The number of benzene rings is 2. The molecular formula is C21H26N2O3S. The van der Waals surface area contributed by atoms with Gasteiger partial charge in [-0.1, -0.05) is 42.5 Å². The highest BCUT2D eigenvalue weighted by atomic mass is 32.2. The maximum atomic E-state index is 12.5. The molecule has 1 N–H and O–H groups in total. The molecule has 1 aliphatic heterocycles. The Balaban J connectivity index is 1.65. The lowest BCUT2D eigenvalue weighted by molar-refractivity contribution is 0.0938. The lowest BCUT2D eigenvalue weighted by Crippen LogP contribution is -2.36. The van der Waals surface area contributed by atoms with Gasteiger partial charge in [-0.05, 0) is 49.2 Å². The maximum Gasteiger partial charge on any atom is 0.251 e. The van der Waals surface area contributed by atoms with Gasteiger partial charge in [-0.3, -0.25) is 9.69 Å². The monoisotopic (exact) mass is 386 g/mol. The van der Waals surface area contributed by atoms with E-state index in [4.69, 9.17) is 0 Å². The first kappa shape index (κ1) is 19.6. The normalized spacial score (nSPS) is 16.2. The van der Waals surface area contributed by atoms with Crippen LogP contribution >= 0.6 is 0 Å². The molecule has 1 atom stereocenters. The fourth-order valence-corrected chi connectivity index (χ4v) is 4.33. The lowest BCUT2D eigenvalue weighted by Gasteiger charge is -2.28. The molecule has 1 amide bonds. The molecule has 2 aromatic rings. The first-order valence-corrected chi connectivity index (χ1v) is 11.3. The molecule has 0 radical (unpaired) electrons. The highest BCUT2D eigenvalue weighted by Crippen LogP contribution is 2.24. The van der Waals surface area contributed by atoms with Gasteiger partial charge in [0.25, 0.3) is 5.91 Å². The molecule has 0 bridgehead atoms. The van der Waals surface area contributed by atoms with Crippen molar-refractivity contribution >= 4 is 15.7 Å². The van der Waals surface area contributed by atoms with Crippen LogP contribution in [-0.2, 0) is 15.6 Å². The number of sulfone groups is 1. The molecule has 1 fully saturated rings. The zero-order valence-corrected chi connectivity index (χ0v) is 16.4. The van der Waals surface area contributed by atoms with Crippen molar-refractivity contribution in [2.75, 3.05) is 25.9 Å². The Kier molecular flexibility index (Phi) is 6.29. The van der Waals surface area contributed by atoms with Gasteiger partial charge >= 0.3 is 0 Å². The Labute approximate surface area is 161 Å². The number of nitrogens with one attached hydrogen (secondary N) is 1. The number of hydrogen-bond donors (Lipinski definition) is 1. The molecule has 0 saturated carbocycles. The lowest BCUT2D eigenvalue weighted by atomic mass is 10.1. The second-order valence-corrected chi connectivity index (χ2v) is 9.29. The molecule has 1 heterocycles. The van der Waals surface area contributed by atoms with E-state index in [1.54, 1.807) is 24.3 Å². The van der Waals surface area contributed by atoms with E-state index in [1.807, 2.05) is 18.2 Å². The second kappa shape index (κ2) is 8.67. The zero-order valence-electron chi connectivity index (χ0n) is 15.6. The average molecular weight is 387 g/mol. The van der Waals surface area contributed by atoms with Crippen LogP contribution in [0, 0.1) is 0 Å². The van der Waals surface area contributed by atoms with E-state index in [0.717, 1.165) is 13.1 Å². The molecule has 0 unspecified atom stereocenters. The summed E-state index contributed by atoms with van der Waals surface area (Å²) in [4.78, 5) is 15.0. The van der Waals surface area contributed by atoms with Gasteiger partial charge in [-0.15, -0.1) is 0 Å². The fraction of sp³-hybridized carbons (Fsp3) is 0.381. The molecule has 27 heavy (non-hydrogen) atoms. The smallest absolute Gasteiger partial charge is 0.251 e. The first-order valence-electron chi connectivity index (χ1n) is 9.26. The Hall–Kier alpha value is -2.18. The molecule has 144 valence electrons. The predicted octanol–water partition coefficient (Wildman–Crippen LogP) is 2.80. The van der Waals surface area contributed by atoms with E-state index in [9.17, 15) is 13.2 Å². The molecule has 0 aromatic heterocycles. The molecule has 0 spiro atoms. The minimum Gasteiger partial charge on any atom is -0.350 e. The van der Waals surface area contributed by atoms with Crippen LogP contribution < -0.4 is 5.32 Å². The Bertz CT molecular complexity index is 858. The van der Waals surface area contributed by atoms with Gasteiger partial charge in [0, 0.05) is 18.4 Å². The van der Waals surface area contributed by atoms with Crippen molar-refractivity contribution in [3.63, 3.8) is 0 Å². The maximum absolute atomic E-state index is 12.5. The molecule has 1 aliphatic rings. The van der Waals surface area contributed by atoms with Gasteiger partial charge in [0.15, 0.2) is 9.84 Å². The summed E-state index contributed by atoms with van der Waals surface area (Å²) in [5.74, 6) is -0.152. The largest absolute Gasteiger partial charge is 0.350 e. The van der Waals surface area contributed by atoms with E-state index < -0.39 is 9.84 Å². The third-order valence-electron chi connectivity index (χ3n) is 4.87. The molecule has 6 heteroatoms. The summed E-state index contributed by atoms with van der Waals surface area (Å²) < 4.78 is 22.7. The quantitative estimate of drug-likeness (QED) is 0.795. The summed E-state index contributed by atoms with van der Waals surface area (Å²) in [7, 11) is -3.08. The highest BCUT2D eigenvalue weighted by molar-refractivity contribution is 7.89. The first-order chi connectivity index (χ1) is 12.9. The van der Waals surface area contributed by atoms with Gasteiger partial charge in [0.2, 0.25) is 0 Å². The number of hydrogen-bond acceptors (Lipinski definition) is 4. The fourth-order valence-electron chi connectivity index (χ4n) is 3.53. The topological polar surface area (TPSA) is 66.5 Å². The van der Waals surface area contributed by atoms with Crippen LogP contribution in [0.3, 0.4) is 0 Å². The summed E-state index contributed by atoms with van der Waals surface area (Å²) in [5.41, 5.74) is 2.44. The average Bonchev–Trinajstić information content (AvgIpc) is 3.16. The Morgan fingerprint density at radius 2 is 1.67 bits per heavy atom. The number of likely N-dealkylation sites (tertiary alicyclic amines) is 1. The van der Waals surface area contributed by atoms with E-state index in [-0.39, 0.29) is 17.7 Å². The molecule has 2 aromatic carbocycles. The van der Waals surface area contributed by atoms with E-state index >= 15 is 0 Å². The second-order valence-electron chi connectivity index (χ2n) is 7.15. The van der Waals surface area contributed by atoms with Gasteiger partial charge in [-0.2, -0.15) is 0 Å². The minimum atomic E-state index is -3.08. The summed E-state index contributed by atoms with van der Waals surface area (Å²) in [6.45, 7) is 2.65. The van der Waals surface area contributed by atoms with E-state index in [1.165, 1.54) is 24.7 Å². The van der Waals surface area contributed by atoms with Crippen LogP contribution in [-0.4, -0.2) is 45.1 Å². The third-order valence-corrected chi connectivity index (χ3v) is 5.72. The van der Waals surface area contributed by atoms with Crippen molar-refractivity contribution < 1.29 is 13.2 Å². The summed E-state index contributed by atoms with van der Waals surface area (Å²) >= 11 is 0. The van der Waals surface area contributed by atoms with Crippen molar-refractivity contribution in [1.82, 2.24) is 10.2 Å². The van der Waals surface area contributed by atoms with Gasteiger partial charge in [-0.25, -0.2) is 8.42 Å². The molecule has 0 aliphatic carbocycles. The molecule has 1 saturated heterocycles. The van der Waals surface area contributed by atoms with E-state index in [0.29, 0.717) is 17.7 Å². The van der Waals surface area contributed by atoms with Gasteiger partial charge in [0.05, 0.1) is 11.8 Å². The predicted molar refractivity (Wildman–Crippen MR) is 107 cm³/mol. The van der Waals surface area contributed by atoms with Gasteiger partial charge < -0.3 is 5.32 Å².